The number of hydrogen-bond acceptors (Lipinski definition) is 2. The number of amides is 1. The number of hydrogen-bond donors (Lipinski definition) is 2. The smallest absolute Gasteiger partial charge is 0.279 e. The minimum Gasteiger partial charge on any atom is -0.497 e. The van der Waals surface area contributed by atoms with Crippen LogP contribution in [0.3, 0.4) is 0 Å². The molecule has 0 saturated heterocycles. The summed E-state index contributed by atoms with van der Waals surface area (Å²) in [5, 5.41) is 3.08. The molecule has 134 valence electrons. The van der Waals surface area contributed by atoms with Gasteiger partial charge in [0.2, 0.25) is 0 Å². The van der Waals surface area contributed by atoms with E-state index in [1.165, 1.54) is 11.1 Å². The van der Waals surface area contributed by atoms with Gasteiger partial charge >= 0.3 is 0 Å². The number of anilines is 1. The largest absolute Gasteiger partial charge is 0.497 e. The van der Waals surface area contributed by atoms with Crippen molar-refractivity contribution in [3.8, 4) is 5.75 Å². The summed E-state index contributed by atoms with van der Waals surface area (Å²) < 4.78 is 5.17. The van der Waals surface area contributed by atoms with Gasteiger partial charge in [0.15, 0.2) is 6.54 Å². The van der Waals surface area contributed by atoms with Gasteiger partial charge in [-0.15, -0.1) is 0 Å². The first-order valence-corrected chi connectivity index (χ1v) is 8.86. The third kappa shape index (κ3) is 5.61. The lowest BCUT2D eigenvalue weighted by atomic mass is 9.97. The number of likely N-dealkylation sites (N-methyl/N-ethyl adjacent to an activating group) is 1. The van der Waals surface area contributed by atoms with E-state index in [-0.39, 0.29) is 5.91 Å². The molecule has 0 saturated carbocycles. The molecule has 0 bridgehead atoms. The molecule has 2 aromatic carbocycles. The van der Waals surface area contributed by atoms with E-state index in [9.17, 15) is 4.79 Å². The van der Waals surface area contributed by atoms with Crippen LogP contribution in [0, 0.1) is 0 Å². The van der Waals surface area contributed by atoms with Gasteiger partial charge in [0.25, 0.3) is 5.91 Å². The monoisotopic (exact) mass is 341 g/mol. The maximum absolute atomic E-state index is 12.4. The van der Waals surface area contributed by atoms with Gasteiger partial charge in [-0.2, -0.15) is 0 Å². The van der Waals surface area contributed by atoms with E-state index in [4.69, 9.17) is 4.74 Å². The number of para-hydroxylation sites is 1. The van der Waals surface area contributed by atoms with Crippen LogP contribution in [0.5, 0.6) is 5.75 Å². The van der Waals surface area contributed by atoms with E-state index >= 15 is 0 Å². The molecule has 25 heavy (non-hydrogen) atoms. The highest BCUT2D eigenvalue weighted by molar-refractivity contribution is 5.92. The molecule has 4 heteroatoms. The van der Waals surface area contributed by atoms with E-state index in [1.54, 1.807) is 7.11 Å². The lowest BCUT2D eigenvalue weighted by Crippen LogP contribution is -3.08. The standard InChI is InChI=1S/C21H28N2O2/c1-5-16(2)19-8-6-7-9-20(19)22-21(24)15-23(3)14-17-10-12-18(25-4)13-11-17/h6-13,16H,5,14-15H2,1-4H3,(H,22,24)/p+1/t16-/m1/s1. The van der Waals surface area contributed by atoms with Gasteiger partial charge in [0, 0.05) is 11.3 Å². The van der Waals surface area contributed by atoms with Gasteiger partial charge in [0.1, 0.15) is 12.3 Å². The summed E-state index contributed by atoms with van der Waals surface area (Å²) in [4.78, 5) is 13.6. The summed E-state index contributed by atoms with van der Waals surface area (Å²) in [6.45, 7) is 5.58. The molecule has 0 heterocycles. The number of benzene rings is 2. The first kappa shape index (κ1) is 19.0. The number of rotatable bonds is 8. The van der Waals surface area contributed by atoms with Gasteiger partial charge in [-0.3, -0.25) is 4.79 Å². The molecule has 4 nitrogen and oxygen atoms in total. The Morgan fingerprint density at radius 3 is 2.48 bits per heavy atom. The minimum atomic E-state index is 0.0433. The van der Waals surface area contributed by atoms with E-state index < -0.39 is 0 Å². The van der Waals surface area contributed by atoms with Crippen LogP contribution >= 0.6 is 0 Å². The van der Waals surface area contributed by atoms with Gasteiger partial charge < -0.3 is 15.0 Å². The molecule has 0 aromatic heterocycles. The molecule has 0 aliphatic carbocycles. The Bertz CT molecular complexity index is 683. The van der Waals surface area contributed by atoms with Crippen molar-refractivity contribution in [3.63, 3.8) is 0 Å². The zero-order valence-electron chi connectivity index (χ0n) is 15.6. The molecule has 1 amide bonds. The highest BCUT2D eigenvalue weighted by Gasteiger charge is 2.14. The number of quaternary nitrogens is 1. The molecule has 2 N–H and O–H groups in total. The molecule has 0 fully saturated rings. The van der Waals surface area contributed by atoms with Crippen LogP contribution in [0.15, 0.2) is 48.5 Å². The summed E-state index contributed by atoms with van der Waals surface area (Å²) in [6.07, 6.45) is 1.05. The lowest BCUT2D eigenvalue weighted by molar-refractivity contribution is -0.885. The fourth-order valence-electron chi connectivity index (χ4n) is 2.88. The Hall–Kier alpha value is -2.33. The fraction of sp³-hybridized carbons (Fsp3) is 0.381. The average molecular weight is 341 g/mol. The van der Waals surface area contributed by atoms with Crippen LogP contribution in [0.1, 0.15) is 37.3 Å². The number of ether oxygens (including phenoxy) is 1. The molecule has 2 aromatic rings. The SMILES string of the molecule is CC[C@@H](C)c1ccccc1NC(=O)C[NH+](C)Cc1ccc(OC)cc1. The highest BCUT2D eigenvalue weighted by atomic mass is 16.5. The molecule has 0 spiro atoms. The third-order valence-corrected chi connectivity index (χ3v) is 4.51. The molecule has 0 aliphatic rings. The Morgan fingerprint density at radius 2 is 1.84 bits per heavy atom. The number of carbonyl (C=O) groups excluding carboxylic acids is 1. The summed E-state index contributed by atoms with van der Waals surface area (Å²) in [6, 6.07) is 16.1. The van der Waals surface area contributed by atoms with Crippen LogP contribution in [0.4, 0.5) is 5.69 Å². The van der Waals surface area contributed by atoms with Gasteiger partial charge in [0.05, 0.1) is 14.2 Å². The number of carbonyl (C=O) groups is 1. The van der Waals surface area contributed by atoms with Crippen LogP contribution < -0.4 is 15.0 Å². The second-order valence-corrected chi connectivity index (χ2v) is 6.60. The van der Waals surface area contributed by atoms with Gasteiger partial charge in [-0.1, -0.05) is 32.0 Å². The van der Waals surface area contributed by atoms with E-state index in [2.05, 4.69) is 25.2 Å². The Kier molecular flexibility index (Phi) is 7.02. The number of methoxy groups -OCH3 is 1. The van der Waals surface area contributed by atoms with Crippen LogP contribution in [-0.2, 0) is 11.3 Å². The van der Waals surface area contributed by atoms with Crippen molar-refractivity contribution in [2.75, 3.05) is 26.0 Å². The topological polar surface area (TPSA) is 42.8 Å². The van der Waals surface area contributed by atoms with Crippen LogP contribution in [-0.4, -0.2) is 26.6 Å². The molecule has 2 rings (SSSR count). The maximum atomic E-state index is 12.4. The average Bonchev–Trinajstić information content (AvgIpc) is 2.62. The van der Waals surface area contributed by atoms with E-state index in [0.29, 0.717) is 12.5 Å². The highest BCUT2D eigenvalue weighted by Crippen LogP contribution is 2.26. The van der Waals surface area contributed by atoms with Crippen LogP contribution in [0.25, 0.3) is 0 Å². The summed E-state index contributed by atoms with van der Waals surface area (Å²) >= 11 is 0. The molecular weight excluding hydrogens is 312 g/mol. The quantitative estimate of drug-likeness (QED) is 0.775. The van der Waals surface area contributed by atoms with Crippen molar-refractivity contribution in [3.05, 3.63) is 59.7 Å². The van der Waals surface area contributed by atoms with Gasteiger partial charge in [-0.25, -0.2) is 0 Å². The van der Waals surface area contributed by atoms with Gasteiger partial charge in [-0.05, 0) is 48.2 Å². The Balaban J connectivity index is 1.93. The molecule has 0 aliphatic heterocycles. The maximum Gasteiger partial charge on any atom is 0.279 e. The second kappa shape index (κ2) is 9.23. The minimum absolute atomic E-state index is 0.0433. The third-order valence-electron chi connectivity index (χ3n) is 4.51. The van der Waals surface area contributed by atoms with Crippen molar-refractivity contribution in [2.24, 2.45) is 0 Å². The summed E-state index contributed by atoms with van der Waals surface area (Å²) in [5.74, 6) is 1.32. The number of nitrogens with one attached hydrogen (secondary N) is 2. The molecule has 0 radical (unpaired) electrons. The Labute approximate surface area is 150 Å². The molecule has 2 atom stereocenters. The first-order chi connectivity index (χ1) is 12.0. The summed E-state index contributed by atoms with van der Waals surface area (Å²) in [5.41, 5.74) is 3.32. The normalized spacial score (nSPS) is 13.1. The van der Waals surface area contributed by atoms with Crippen molar-refractivity contribution < 1.29 is 14.4 Å². The van der Waals surface area contributed by atoms with Crippen molar-refractivity contribution >= 4 is 11.6 Å². The second-order valence-electron chi connectivity index (χ2n) is 6.60. The van der Waals surface area contributed by atoms with Crippen molar-refractivity contribution in [1.29, 1.82) is 0 Å². The van der Waals surface area contributed by atoms with Crippen LogP contribution in [0.2, 0.25) is 0 Å². The molecule has 1 unspecified atom stereocenters. The predicted molar refractivity (Wildman–Crippen MR) is 102 cm³/mol. The zero-order chi connectivity index (χ0) is 18.2. The van der Waals surface area contributed by atoms with E-state index in [1.807, 2.05) is 49.5 Å². The summed E-state index contributed by atoms with van der Waals surface area (Å²) in [7, 11) is 3.69. The predicted octanol–water partition coefficient (Wildman–Crippen LogP) is 2.86. The van der Waals surface area contributed by atoms with Crippen molar-refractivity contribution in [1.82, 2.24) is 0 Å². The fourth-order valence-corrected chi connectivity index (χ4v) is 2.88. The van der Waals surface area contributed by atoms with Crippen molar-refractivity contribution in [2.45, 2.75) is 32.7 Å². The zero-order valence-corrected chi connectivity index (χ0v) is 15.6. The first-order valence-electron chi connectivity index (χ1n) is 8.86. The lowest BCUT2D eigenvalue weighted by Gasteiger charge is -2.17. The molecular formula is C21H29N2O2+. The van der Waals surface area contributed by atoms with E-state index in [0.717, 1.165) is 29.3 Å². The Morgan fingerprint density at radius 1 is 1.16 bits per heavy atom.